The molecule has 0 fully saturated rings. The van der Waals surface area contributed by atoms with Gasteiger partial charge in [0.15, 0.2) is 0 Å². The standard InChI is InChI=1S/C10H13BrN4O2/c1-6-2-10(14-3-7(6)11)15(4-8(12)16)5-9(13)17/h2-3H,4-5H2,1H3,(H2,12,16)(H2,13,17). The maximum Gasteiger partial charge on any atom is 0.237 e. The molecular weight excluding hydrogens is 288 g/mol. The van der Waals surface area contributed by atoms with Gasteiger partial charge in [-0.1, -0.05) is 0 Å². The van der Waals surface area contributed by atoms with Gasteiger partial charge >= 0.3 is 0 Å². The molecule has 7 heteroatoms. The van der Waals surface area contributed by atoms with Gasteiger partial charge in [0.05, 0.1) is 13.1 Å². The van der Waals surface area contributed by atoms with Crippen LogP contribution in [0.1, 0.15) is 5.56 Å². The molecule has 1 rings (SSSR count). The summed E-state index contributed by atoms with van der Waals surface area (Å²) in [5.74, 6) is -0.606. The lowest BCUT2D eigenvalue weighted by Crippen LogP contribution is -2.40. The molecule has 0 unspecified atom stereocenters. The van der Waals surface area contributed by atoms with Crippen molar-refractivity contribution in [1.82, 2.24) is 4.98 Å². The van der Waals surface area contributed by atoms with E-state index < -0.39 is 11.8 Å². The van der Waals surface area contributed by atoms with E-state index in [4.69, 9.17) is 11.5 Å². The van der Waals surface area contributed by atoms with Crippen LogP contribution in [0.4, 0.5) is 5.82 Å². The van der Waals surface area contributed by atoms with Crippen molar-refractivity contribution in [3.05, 3.63) is 22.3 Å². The molecule has 0 saturated carbocycles. The van der Waals surface area contributed by atoms with Gasteiger partial charge in [-0.05, 0) is 34.5 Å². The number of primary amides is 2. The summed E-state index contributed by atoms with van der Waals surface area (Å²) in [5, 5.41) is 0. The van der Waals surface area contributed by atoms with E-state index in [0.29, 0.717) is 5.82 Å². The first-order chi connectivity index (χ1) is 7.90. The molecule has 2 amide bonds. The summed E-state index contributed by atoms with van der Waals surface area (Å²) in [6.07, 6.45) is 1.60. The van der Waals surface area contributed by atoms with Crippen molar-refractivity contribution >= 4 is 33.6 Å². The fraction of sp³-hybridized carbons (Fsp3) is 0.300. The van der Waals surface area contributed by atoms with Gasteiger partial charge < -0.3 is 16.4 Å². The summed E-state index contributed by atoms with van der Waals surface area (Å²) in [5.41, 5.74) is 11.1. The third-order valence-electron chi connectivity index (χ3n) is 2.05. The largest absolute Gasteiger partial charge is 0.368 e. The van der Waals surface area contributed by atoms with E-state index in [1.165, 1.54) is 4.90 Å². The molecule has 0 aliphatic heterocycles. The Labute approximate surface area is 107 Å². The van der Waals surface area contributed by atoms with Gasteiger partial charge in [-0.15, -0.1) is 0 Å². The highest BCUT2D eigenvalue weighted by molar-refractivity contribution is 9.10. The van der Waals surface area contributed by atoms with Crippen molar-refractivity contribution in [1.29, 1.82) is 0 Å². The Balaban J connectivity index is 2.98. The predicted molar refractivity (Wildman–Crippen MR) is 67.3 cm³/mol. The average Bonchev–Trinajstić information content (AvgIpc) is 2.19. The molecule has 92 valence electrons. The molecule has 0 atom stereocenters. The molecule has 1 aromatic heterocycles. The van der Waals surface area contributed by atoms with Crippen LogP contribution in [0.5, 0.6) is 0 Å². The number of nitrogens with zero attached hydrogens (tertiary/aromatic N) is 2. The second-order valence-electron chi connectivity index (χ2n) is 3.58. The van der Waals surface area contributed by atoms with E-state index in [1.807, 2.05) is 6.92 Å². The summed E-state index contributed by atoms with van der Waals surface area (Å²) >= 11 is 3.32. The third-order valence-corrected chi connectivity index (χ3v) is 2.88. The first-order valence-corrected chi connectivity index (χ1v) is 5.63. The number of aromatic nitrogens is 1. The maximum atomic E-state index is 10.9. The summed E-state index contributed by atoms with van der Waals surface area (Å²) < 4.78 is 0.847. The smallest absolute Gasteiger partial charge is 0.237 e. The number of hydrogen-bond donors (Lipinski definition) is 2. The van der Waals surface area contributed by atoms with Crippen molar-refractivity contribution in [2.24, 2.45) is 11.5 Å². The van der Waals surface area contributed by atoms with Gasteiger partial charge in [0.1, 0.15) is 5.82 Å². The van der Waals surface area contributed by atoms with E-state index in [9.17, 15) is 9.59 Å². The normalized spacial score (nSPS) is 10.0. The molecule has 1 heterocycles. The first-order valence-electron chi connectivity index (χ1n) is 4.84. The molecular formula is C10H13BrN4O2. The topological polar surface area (TPSA) is 102 Å². The average molecular weight is 301 g/mol. The predicted octanol–water partition coefficient (Wildman–Crippen LogP) is -0.0705. The SMILES string of the molecule is Cc1cc(N(CC(N)=O)CC(N)=O)ncc1Br. The zero-order valence-corrected chi connectivity index (χ0v) is 10.9. The van der Waals surface area contributed by atoms with Gasteiger partial charge in [-0.3, -0.25) is 9.59 Å². The quantitative estimate of drug-likeness (QED) is 0.794. The monoisotopic (exact) mass is 300 g/mol. The second-order valence-corrected chi connectivity index (χ2v) is 4.43. The highest BCUT2D eigenvalue weighted by Gasteiger charge is 2.14. The van der Waals surface area contributed by atoms with E-state index >= 15 is 0 Å². The van der Waals surface area contributed by atoms with Crippen LogP contribution in [0.2, 0.25) is 0 Å². The number of anilines is 1. The number of amides is 2. The van der Waals surface area contributed by atoms with Crippen LogP contribution in [-0.4, -0.2) is 29.9 Å². The van der Waals surface area contributed by atoms with Crippen LogP contribution in [-0.2, 0) is 9.59 Å². The molecule has 0 aromatic carbocycles. The minimum Gasteiger partial charge on any atom is -0.368 e. The highest BCUT2D eigenvalue weighted by atomic mass is 79.9. The lowest BCUT2D eigenvalue weighted by atomic mass is 10.3. The fourth-order valence-corrected chi connectivity index (χ4v) is 1.51. The van der Waals surface area contributed by atoms with Crippen molar-refractivity contribution in [2.45, 2.75) is 6.92 Å². The molecule has 0 spiro atoms. The van der Waals surface area contributed by atoms with Gasteiger partial charge in [0.25, 0.3) is 0 Å². The molecule has 1 aromatic rings. The van der Waals surface area contributed by atoms with E-state index in [1.54, 1.807) is 12.3 Å². The minimum atomic E-state index is -0.548. The third kappa shape index (κ3) is 4.03. The van der Waals surface area contributed by atoms with Crippen LogP contribution in [0.25, 0.3) is 0 Å². The Morgan fingerprint density at radius 1 is 1.35 bits per heavy atom. The lowest BCUT2D eigenvalue weighted by molar-refractivity contribution is -0.117. The lowest BCUT2D eigenvalue weighted by Gasteiger charge is -2.20. The Kier molecular flexibility index (Phi) is 4.45. The number of aryl methyl sites for hydroxylation is 1. The number of nitrogens with two attached hydrogens (primary N) is 2. The fourth-order valence-electron chi connectivity index (χ4n) is 1.29. The van der Waals surface area contributed by atoms with Crippen LogP contribution in [0, 0.1) is 6.92 Å². The maximum absolute atomic E-state index is 10.9. The van der Waals surface area contributed by atoms with E-state index in [2.05, 4.69) is 20.9 Å². The number of pyridine rings is 1. The molecule has 0 saturated heterocycles. The number of carbonyl (C=O) groups excluding carboxylic acids is 2. The molecule has 0 radical (unpaired) electrons. The molecule has 17 heavy (non-hydrogen) atoms. The van der Waals surface area contributed by atoms with Crippen molar-refractivity contribution < 1.29 is 9.59 Å². The molecule has 0 aliphatic carbocycles. The van der Waals surface area contributed by atoms with Gasteiger partial charge in [-0.25, -0.2) is 4.98 Å². The molecule has 4 N–H and O–H groups in total. The van der Waals surface area contributed by atoms with Crippen LogP contribution in [0.3, 0.4) is 0 Å². The van der Waals surface area contributed by atoms with Crippen LogP contribution in [0.15, 0.2) is 16.7 Å². The van der Waals surface area contributed by atoms with Crippen molar-refractivity contribution in [3.63, 3.8) is 0 Å². The minimum absolute atomic E-state index is 0.100. The molecule has 0 aliphatic rings. The first kappa shape index (κ1) is 13.4. The van der Waals surface area contributed by atoms with Crippen LogP contribution >= 0.6 is 15.9 Å². The zero-order valence-electron chi connectivity index (χ0n) is 9.31. The number of hydrogen-bond acceptors (Lipinski definition) is 4. The van der Waals surface area contributed by atoms with Gasteiger partial charge in [-0.2, -0.15) is 0 Å². The summed E-state index contributed by atoms with van der Waals surface area (Å²) in [4.78, 5) is 27.4. The Bertz CT molecular complexity index is 434. The molecule has 6 nitrogen and oxygen atoms in total. The second kappa shape index (κ2) is 5.62. The number of halogens is 1. The Hall–Kier alpha value is -1.63. The van der Waals surface area contributed by atoms with Gasteiger partial charge in [0, 0.05) is 10.7 Å². The summed E-state index contributed by atoms with van der Waals surface area (Å²) in [6, 6.07) is 1.75. The Morgan fingerprint density at radius 2 is 1.88 bits per heavy atom. The molecule has 0 bridgehead atoms. The Morgan fingerprint density at radius 3 is 2.29 bits per heavy atom. The highest BCUT2D eigenvalue weighted by Crippen LogP contribution is 2.19. The van der Waals surface area contributed by atoms with E-state index in [0.717, 1.165) is 10.0 Å². The van der Waals surface area contributed by atoms with E-state index in [-0.39, 0.29) is 13.1 Å². The number of rotatable bonds is 5. The number of carbonyl (C=O) groups is 2. The van der Waals surface area contributed by atoms with Crippen molar-refractivity contribution in [3.8, 4) is 0 Å². The summed E-state index contributed by atoms with van der Waals surface area (Å²) in [6.45, 7) is 1.68. The zero-order chi connectivity index (χ0) is 13.0. The summed E-state index contributed by atoms with van der Waals surface area (Å²) in [7, 11) is 0. The van der Waals surface area contributed by atoms with Gasteiger partial charge in [0.2, 0.25) is 11.8 Å². The van der Waals surface area contributed by atoms with Crippen molar-refractivity contribution in [2.75, 3.05) is 18.0 Å². The van der Waals surface area contributed by atoms with Crippen LogP contribution < -0.4 is 16.4 Å².